The van der Waals surface area contributed by atoms with Crippen LogP contribution in [0.4, 0.5) is 4.39 Å². The molecular formula is C14H17BrFN3. The van der Waals surface area contributed by atoms with E-state index in [1.54, 1.807) is 0 Å². The average molecular weight is 326 g/mol. The SMILES string of the molecule is CCNCc1cnn(Cc2cc(F)cc(Br)c2)c1C. The molecule has 0 radical (unpaired) electrons. The van der Waals surface area contributed by atoms with Crippen LogP contribution in [0.15, 0.2) is 28.9 Å². The van der Waals surface area contributed by atoms with Crippen molar-refractivity contribution in [2.45, 2.75) is 26.9 Å². The van der Waals surface area contributed by atoms with Crippen LogP contribution in [0, 0.1) is 12.7 Å². The fraction of sp³-hybridized carbons (Fsp3) is 0.357. The van der Waals surface area contributed by atoms with Crippen molar-refractivity contribution in [3.63, 3.8) is 0 Å². The molecular weight excluding hydrogens is 309 g/mol. The highest BCUT2D eigenvalue weighted by atomic mass is 79.9. The van der Waals surface area contributed by atoms with Crippen LogP contribution in [-0.4, -0.2) is 16.3 Å². The van der Waals surface area contributed by atoms with Gasteiger partial charge in [-0.3, -0.25) is 4.68 Å². The van der Waals surface area contributed by atoms with Crippen LogP contribution in [0.25, 0.3) is 0 Å². The zero-order valence-corrected chi connectivity index (χ0v) is 12.7. The van der Waals surface area contributed by atoms with Crippen LogP contribution >= 0.6 is 15.9 Å². The van der Waals surface area contributed by atoms with E-state index in [0.29, 0.717) is 6.54 Å². The molecule has 0 unspecified atom stereocenters. The number of halogens is 2. The smallest absolute Gasteiger partial charge is 0.124 e. The third-order valence-electron chi connectivity index (χ3n) is 3.02. The second kappa shape index (κ2) is 6.30. The van der Waals surface area contributed by atoms with Gasteiger partial charge in [-0.25, -0.2) is 4.39 Å². The predicted molar refractivity (Wildman–Crippen MR) is 77.5 cm³/mol. The summed E-state index contributed by atoms with van der Waals surface area (Å²) in [5.41, 5.74) is 3.19. The molecule has 2 rings (SSSR count). The highest BCUT2D eigenvalue weighted by Crippen LogP contribution is 2.17. The van der Waals surface area contributed by atoms with Crippen molar-refractivity contribution in [3.8, 4) is 0 Å². The summed E-state index contributed by atoms with van der Waals surface area (Å²) in [6.45, 7) is 6.43. The van der Waals surface area contributed by atoms with E-state index in [1.165, 1.54) is 17.7 Å². The Kier molecular flexibility index (Phi) is 4.71. The summed E-state index contributed by atoms with van der Waals surface area (Å²) in [7, 11) is 0. The summed E-state index contributed by atoms with van der Waals surface area (Å²) in [6.07, 6.45) is 1.87. The van der Waals surface area contributed by atoms with Crippen molar-refractivity contribution < 1.29 is 4.39 Å². The van der Waals surface area contributed by atoms with Crippen molar-refractivity contribution >= 4 is 15.9 Å². The van der Waals surface area contributed by atoms with Gasteiger partial charge in [-0.05, 0) is 37.2 Å². The number of nitrogens with one attached hydrogen (secondary N) is 1. The maximum atomic E-state index is 13.3. The quantitative estimate of drug-likeness (QED) is 0.914. The molecule has 1 heterocycles. The molecule has 1 aromatic heterocycles. The van der Waals surface area contributed by atoms with Gasteiger partial charge in [0.1, 0.15) is 5.82 Å². The molecule has 0 fully saturated rings. The number of nitrogens with zero attached hydrogens (tertiary/aromatic N) is 2. The molecule has 102 valence electrons. The molecule has 0 saturated carbocycles. The lowest BCUT2D eigenvalue weighted by molar-refractivity contribution is 0.615. The van der Waals surface area contributed by atoms with Crippen molar-refractivity contribution in [2.24, 2.45) is 0 Å². The minimum atomic E-state index is -0.234. The predicted octanol–water partition coefficient (Wildman–Crippen LogP) is 3.25. The summed E-state index contributed by atoms with van der Waals surface area (Å²) in [5, 5.41) is 7.64. The van der Waals surface area contributed by atoms with Gasteiger partial charge < -0.3 is 5.32 Å². The lowest BCUT2D eigenvalue weighted by Crippen LogP contribution is -2.12. The van der Waals surface area contributed by atoms with E-state index < -0.39 is 0 Å². The Labute approximate surface area is 121 Å². The Hall–Kier alpha value is -1.20. The molecule has 0 spiro atoms. The largest absolute Gasteiger partial charge is 0.313 e. The Bertz CT molecular complexity index is 546. The number of aromatic nitrogens is 2. The van der Waals surface area contributed by atoms with Gasteiger partial charge in [0.25, 0.3) is 0 Å². The van der Waals surface area contributed by atoms with E-state index in [9.17, 15) is 4.39 Å². The first kappa shape index (κ1) is 14.2. The second-order valence-electron chi connectivity index (χ2n) is 4.47. The third kappa shape index (κ3) is 3.64. The maximum absolute atomic E-state index is 13.3. The topological polar surface area (TPSA) is 29.9 Å². The molecule has 3 nitrogen and oxygen atoms in total. The van der Waals surface area contributed by atoms with Gasteiger partial charge in [-0.15, -0.1) is 0 Å². The third-order valence-corrected chi connectivity index (χ3v) is 3.48. The van der Waals surface area contributed by atoms with Gasteiger partial charge >= 0.3 is 0 Å². The Morgan fingerprint density at radius 3 is 2.84 bits per heavy atom. The first-order chi connectivity index (χ1) is 9.10. The standard InChI is InChI=1S/C14H17BrFN3/c1-3-17-7-12-8-18-19(10(12)2)9-11-4-13(15)6-14(16)5-11/h4-6,8,17H,3,7,9H2,1-2H3. The van der Waals surface area contributed by atoms with Crippen LogP contribution in [0.3, 0.4) is 0 Å². The van der Waals surface area contributed by atoms with Crippen molar-refractivity contribution in [2.75, 3.05) is 6.54 Å². The molecule has 1 aromatic carbocycles. The fourth-order valence-corrected chi connectivity index (χ4v) is 2.47. The molecule has 0 aliphatic heterocycles. The van der Waals surface area contributed by atoms with E-state index in [0.717, 1.165) is 28.8 Å². The lowest BCUT2D eigenvalue weighted by Gasteiger charge is -2.07. The number of benzene rings is 1. The molecule has 0 aliphatic rings. The van der Waals surface area contributed by atoms with Gasteiger partial charge in [0.15, 0.2) is 0 Å². The summed E-state index contributed by atoms with van der Waals surface area (Å²) >= 11 is 3.30. The Balaban J connectivity index is 2.16. The molecule has 0 aliphatic carbocycles. The molecule has 5 heteroatoms. The molecule has 0 bridgehead atoms. The zero-order chi connectivity index (χ0) is 13.8. The van der Waals surface area contributed by atoms with E-state index in [4.69, 9.17) is 0 Å². The monoisotopic (exact) mass is 325 g/mol. The normalized spacial score (nSPS) is 10.9. The van der Waals surface area contributed by atoms with Crippen molar-refractivity contribution in [3.05, 3.63) is 51.5 Å². The Morgan fingerprint density at radius 2 is 2.16 bits per heavy atom. The molecule has 19 heavy (non-hydrogen) atoms. The van der Waals surface area contributed by atoms with Crippen molar-refractivity contribution in [1.29, 1.82) is 0 Å². The summed E-state index contributed by atoms with van der Waals surface area (Å²) < 4.78 is 16.0. The second-order valence-corrected chi connectivity index (χ2v) is 5.39. The molecule has 2 aromatic rings. The minimum Gasteiger partial charge on any atom is -0.313 e. The van der Waals surface area contributed by atoms with E-state index in [2.05, 4.69) is 33.3 Å². The summed E-state index contributed by atoms with van der Waals surface area (Å²) in [6, 6.07) is 4.90. The zero-order valence-electron chi connectivity index (χ0n) is 11.1. The van der Waals surface area contributed by atoms with E-state index >= 15 is 0 Å². The Morgan fingerprint density at radius 1 is 1.37 bits per heavy atom. The van der Waals surface area contributed by atoms with Crippen LogP contribution in [0.5, 0.6) is 0 Å². The highest BCUT2D eigenvalue weighted by molar-refractivity contribution is 9.10. The summed E-state index contributed by atoms with van der Waals surface area (Å²) in [5.74, 6) is -0.234. The molecule has 0 saturated heterocycles. The fourth-order valence-electron chi connectivity index (χ4n) is 1.95. The van der Waals surface area contributed by atoms with Gasteiger partial charge in [0.05, 0.1) is 12.7 Å². The van der Waals surface area contributed by atoms with Gasteiger partial charge in [-0.2, -0.15) is 5.10 Å². The van der Waals surface area contributed by atoms with Crippen LogP contribution in [-0.2, 0) is 13.1 Å². The minimum absolute atomic E-state index is 0.234. The number of rotatable bonds is 5. The first-order valence-corrected chi connectivity index (χ1v) is 7.06. The van der Waals surface area contributed by atoms with Gasteiger partial charge in [0, 0.05) is 22.3 Å². The van der Waals surface area contributed by atoms with E-state index in [1.807, 2.05) is 23.9 Å². The maximum Gasteiger partial charge on any atom is 0.124 e. The van der Waals surface area contributed by atoms with E-state index in [-0.39, 0.29) is 5.82 Å². The lowest BCUT2D eigenvalue weighted by atomic mass is 10.2. The van der Waals surface area contributed by atoms with Crippen molar-refractivity contribution in [1.82, 2.24) is 15.1 Å². The van der Waals surface area contributed by atoms with Crippen LogP contribution < -0.4 is 5.32 Å². The molecule has 0 atom stereocenters. The van der Waals surface area contributed by atoms with Crippen LogP contribution in [0.1, 0.15) is 23.7 Å². The van der Waals surface area contributed by atoms with Gasteiger partial charge in [0.2, 0.25) is 0 Å². The molecule has 1 N–H and O–H groups in total. The first-order valence-electron chi connectivity index (χ1n) is 6.27. The van der Waals surface area contributed by atoms with Gasteiger partial charge in [-0.1, -0.05) is 22.9 Å². The molecule has 0 amide bonds. The number of hydrogen-bond donors (Lipinski definition) is 1. The highest BCUT2D eigenvalue weighted by Gasteiger charge is 2.07. The van der Waals surface area contributed by atoms with Crippen LogP contribution in [0.2, 0.25) is 0 Å². The summed E-state index contributed by atoms with van der Waals surface area (Å²) in [4.78, 5) is 0. The average Bonchev–Trinajstić information content (AvgIpc) is 2.67. The number of hydrogen-bond acceptors (Lipinski definition) is 2.